The Morgan fingerprint density at radius 3 is 2.44 bits per heavy atom. The second-order valence-electron chi connectivity index (χ2n) is 4.54. The highest BCUT2D eigenvalue weighted by Gasteiger charge is 2.24. The number of carboxylic acids is 1. The zero-order chi connectivity index (χ0) is 13.0. The molecule has 18 heavy (non-hydrogen) atoms. The van der Waals surface area contributed by atoms with Crippen LogP contribution in [0.1, 0.15) is 28.8 Å². The fourth-order valence-corrected chi connectivity index (χ4v) is 1.89. The van der Waals surface area contributed by atoms with Gasteiger partial charge in [-0.05, 0) is 50.2 Å². The van der Waals surface area contributed by atoms with E-state index in [1.807, 2.05) is 0 Å². The van der Waals surface area contributed by atoms with Crippen LogP contribution in [0.3, 0.4) is 0 Å². The van der Waals surface area contributed by atoms with Crippen LogP contribution < -0.4 is 11.1 Å². The molecular weight excluding hydrogens is 228 g/mol. The summed E-state index contributed by atoms with van der Waals surface area (Å²) in [6, 6.07) is 6.53. The minimum Gasteiger partial charge on any atom is -0.478 e. The molecule has 0 saturated carbocycles. The van der Waals surface area contributed by atoms with Crippen molar-refractivity contribution >= 4 is 5.97 Å². The van der Waals surface area contributed by atoms with E-state index in [-0.39, 0.29) is 5.56 Å². The Balaban J connectivity index is 2.11. The Morgan fingerprint density at radius 2 is 1.89 bits per heavy atom. The molecule has 0 aliphatic carbocycles. The minimum absolute atomic E-state index is 0.268. The van der Waals surface area contributed by atoms with Crippen LogP contribution in [0, 0.1) is 11.8 Å². The fourth-order valence-electron chi connectivity index (χ4n) is 1.89. The predicted molar refractivity (Wildman–Crippen MR) is 69.3 cm³/mol. The van der Waals surface area contributed by atoms with Gasteiger partial charge < -0.3 is 16.2 Å². The molecule has 1 heterocycles. The maximum Gasteiger partial charge on any atom is 0.335 e. The molecule has 94 valence electrons. The van der Waals surface area contributed by atoms with Gasteiger partial charge in [0.15, 0.2) is 0 Å². The van der Waals surface area contributed by atoms with Crippen LogP contribution in [0.25, 0.3) is 0 Å². The number of nitrogens with one attached hydrogen (secondary N) is 1. The molecule has 4 heteroatoms. The topological polar surface area (TPSA) is 75.4 Å². The summed E-state index contributed by atoms with van der Waals surface area (Å²) in [6.07, 6.45) is 1.68. The van der Waals surface area contributed by atoms with Gasteiger partial charge in [0.2, 0.25) is 0 Å². The average molecular weight is 244 g/mol. The summed E-state index contributed by atoms with van der Waals surface area (Å²) in [7, 11) is 0. The quantitative estimate of drug-likeness (QED) is 0.639. The number of hydrogen-bond donors (Lipinski definition) is 3. The molecular formula is C14H16N2O2. The second kappa shape index (κ2) is 5.21. The van der Waals surface area contributed by atoms with E-state index in [2.05, 4.69) is 17.2 Å². The molecule has 0 unspecified atom stereocenters. The monoisotopic (exact) mass is 244 g/mol. The van der Waals surface area contributed by atoms with Gasteiger partial charge in [-0.25, -0.2) is 4.79 Å². The van der Waals surface area contributed by atoms with Gasteiger partial charge in [0.1, 0.15) is 0 Å². The van der Waals surface area contributed by atoms with E-state index in [1.54, 1.807) is 24.3 Å². The van der Waals surface area contributed by atoms with Crippen molar-refractivity contribution in [2.45, 2.75) is 18.4 Å². The lowest BCUT2D eigenvalue weighted by Crippen LogP contribution is -2.47. The molecule has 0 atom stereocenters. The summed E-state index contributed by atoms with van der Waals surface area (Å²) >= 11 is 0. The van der Waals surface area contributed by atoms with Gasteiger partial charge >= 0.3 is 5.97 Å². The van der Waals surface area contributed by atoms with E-state index < -0.39 is 11.5 Å². The minimum atomic E-state index is -0.928. The first-order valence-electron chi connectivity index (χ1n) is 5.95. The third-order valence-electron chi connectivity index (χ3n) is 3.08. The second-order valence-corrected chi connectivity index (χ2v) is 4.54. The molecule has 0 aromatic heterocycles. The lowest BCUT2D eigenvalue weighted by atomic mass is 9.90. The molecule has 0 radical (unpaired) electrons. The molecule has 1 saturated heterocycles. The number of rotatable bonds is 1. The number of carboxylic acid groups (broad SMARTS) is 1. The van der Waals surface area contributed by atoms with Crippen LogP contribution in [-0.2, 0) is 0 Å². The molecule has 0 bridgehead atoms. The van der Waals surface area contributed by atoms with Crippen molar-refractivity contribution in [2.24, 2.45) is 5.73 Å². The van der Waals surface area contributed by atoms with E-state index in [9.17, 15) is 4.79 Å². The molecule has 1 aromatic carbocycles. The number of carbonyl (C=O) groups is 1. The van der Waals surface area contributed by atoms with Gasteiger partial charge in [0.05, 0.1) is 11.1 Å². The maximum absolute atomic E-state index is 10.7. The molecule has 1 aliphatic rings. The van der Waals surface area contributed by atoms with Gasteiger partial charge in [-0.3, -0.25) is 0 Å². The number of nitrogens with two attached hydrogens (primary N) is 1. The predicted octanol–water partition coefficient (Wildman–Crippen LogP) is 0.817. The first kappa shape index (κ1) is 12.6. The zero-order valence-corrected chi connectivity index (χ0v) is 10.1. The van der Waals surface area contributed by atoms with Crippen molar-refractivity contribution < 1.29 is 9.90 Å². The van der Waals surface area contributed by atoms with Crippen LogP contribution in [0.15, 0.2) is 24.3 Å². The van der Waals surface area contributed by atoms with Crippen molar-refractivity contribution in [1.29, 1.82) is 0 Å². The molecule has 0 amide bonds. The molecule has 4 nitrogen and oxygen atoms in total. The van der Waals surface area contributed by atoms with Crippen LogP contribution in [0.4, 0.5) is 0 Å². The van der Waals surface area contributed by atoms with Crippen molar-refractivity contribution in [1.82, 2.24) is 5.32 Å². The largest absolute Gasteiger partial charge is 0.478 e. The Morgan fingerprint density at radius 1 is 1.28 bits per heavy atom. The van der Waals surface area contributed by atoms with E-state index in [1.165, 1.54) is 0 Å². The van der Waals surface area contributed by atoms with Gasteiger partial charge in [-0.15, -0.1) is 0 Å². The first-order chi connectivity index (χ1) is 8.59. The number of benzene rings is 1. The van der Waals surface area contributed by atoms with Crippen LogP contribution in [-0.4, -0.2) is 29.7 Å². The van der Waals surface area contributed by atoms with Crippen molar-refractivity contribution in [3.8, 4) is 11.8 Å². The smallest absolute Gasteiger partial charge is 0.335 e. The maximum atomic E-state index is 10.7. The lowest BCUT2D eigenvalue weighted by molar-refractivity contribution is 0.0697. The van der Waals surface area contributed by atoms with E-state index in [4.69, 9.17) is 10.8 Å². The van der Waals surface area contributed by atoms with Gasteiger partial charge in [0, 0.05) is 5.56 Å². The Bertz CT molecular complexity index is 491. The van der Waals surface area contributed by atoms with Crippen molar-refractivity contribution in [2.75, 3.05) is 13.1 Å². The molecule has 1 aliphatic heterocycles. The highest BCUT2D eigenvalue weighted by atomic mass is 16.4. The average Bonchev–Trinajstić information content (AvgIpc) is 2.38. The van der Waals surface area contributed by atoms with Gasteiger partial charge in [0.25, 0.3) is 0 Å². The van der Waals surface area contributed by atoms with Gasteiger partial charge in [-0.2, -0.15) is 0 Å². The Labute approximate surface area is 106 Å². The molecule has 4 N–H and O–H groups in total. The number of aromatic carboxylic acids is 1. The number of hydrogen-bond acceptors (Lipinski definition) is 3. The van der Waals surface area contributed by atoms with Crippen molar-refractivity contribution in [3.05, 3.63) is 35.4 Å². The van der Waals surface area contributed by atoms with Crippen LogP contribution in [0.2, 0.25) is 0 Å². The lowest BCUT2D eigenvalue weighted by Gasteiger charge is -2.28. The van der Waals surface area contributed by atoms with E-state index in [0.717, 1.165) is 31.5 Å². The van der Waals surface area contributed by atoms with Crippen LogP contribution >= 0.6 is 0 Å². The summed E-state index contributed by atoms with van der Waals surface area (Å²) < 4.78 is 0. The highest BCUT2D eigenvalue weighted by molar-refractivity contribution is 5.87. The summed E-state index contributed by atoms with van der Waals surface area (Å²) in [5.41, 5.74) is 6.82. The summed E-state index contributed by atoms with van der Waals surface area (Å²) in [5, 5.41) is 12.0. The van der Waals surface area contributed by atoms with E-state index in [0.29, 0.717) is 0 Å². The fraction of sp³-hybridized carbons (Fsp3) is 0.357. The molecule has 2 rings (SSSR count). The van der Waals surface area contributed by atoms with Crippen LogP contribution in [0.5, 0.6) is 0 Å². The molecule has 0 spiro atoms. The Kier molecular flexibility index (Phi) is 3.66. The first-order valence-corrected chi connectivity index (χ1v) is 5.95. The summed E-state index contributed by atoms with van der Waals surface area (Å²) in [4.78, 5) is 10.7. The summed E-state index contributed by atoms with van der Waals surface area (Å²) in [5.74, 6) is 5.20. The standard InChI is InChI=1S/C14H16N2O2/c15-14(7-9-16-10-8-14)6-5-11-1-3-12(4-2-11)13(17)18/h1-4,16H,7-10,15H2,(H,17,18). The third-order valence-corrected chi connectivity index (χ3v) is 3.08. The van der Waals surface area contributed by atoms with E-state index >= 15 is 0 Å². The summed E-state index contributed by atoms with van der Waals surface area (Å²) in [6.45, 7) is 1.78. The van der Waals surface area contributed by atoms with Crippen molar-refractivity contribution in [3.63, 3.8) is 0 Å². The van der Waals surface area contributed by atoms with Gasteiger partial charge in [-0.1, -0.05) is 11.8 Å². The molecule has 1 aromatic rings. The Hall–Kier alpha value is -1.83. The SMILES string of the molecule is NC1(C#Cc2ccc(C(=O)O)cc2)CCNCC1. The zero-order valence-electron chi connectivity index (χ0n) is 10.1. The highest BCUT2D eigenvalue weighted by Crippen LogP contribution is 2.13. The third kappa shape index (κ3) is 3.10. The number of piperidine rings is 1. The molecule has 1 fully saturated rings. The normalized spacial score (nSPS) is 17.6.